The Morgan fingerprint density at radius 3 is 2.56 bits per heavy atom. The van der Waals surface area contributed by atoms with E-state index in [1.807, 2.05) is 44.2 Å². The largest absolute Gasteiger partial charge is 0.445 e. The standard InChI is InChI=1S/C19H29N3O3/c1-14(2)22(18(23)15(3)20)12-17-10-7-11-21(17)19(24)25-13-16-8-5-4-6-9-16/h4-6,8-9,14-15,17H,7,10-13,20H2,1-3H3/t15-,17-/m0/s1. The second-order valence-corrected chi connectivity index (χ2v) is 6.90. The summed E-state index contributed by atoms with van der Waals surface area (Å²) in [6, 6.07) is 9.10. The van der Waals surface area contributed by atoms with Crippen molar-refractivity contribution < 1.29 is 14.3 Å². The molecular weight excluding hydrogens is 318 g/mol. The van der Waals surface area contributed by atoms with Crippen molar-refractivity contribution in [3.05, 3.63) is 35.9 Å². The van der Waals surface area contributed by atoms with Crippen LogP contribution in [-0.2, 0) is 16.1 Å². The highest BCUT2D eigenvalue weighted by molar-refractivity contribution is 5.81. The Kier molecular flexibility index (Phi) is 6.82. The fraction of sp³-hybridized carbons (Fsp3) is 0.579. The molecule has 0 aromatic heterocycles. The van der Waals surface area contributed by atoms with Gasteiger partial charge < -0.3 is 20.3 Å². The van der Waals surface area contributed by atoms with Gasteiger partial charge >= 0.3 is 6.09 Å². The van der Waals surface area contributed by atoms with E-state index in [0.29, 0.717) is 13.1 Å². The second-order valence-electron chi connectivity index (χ2n) is 6.90. The first kappa shape index (κ1) is 19.2. The van der Waals surface area contributed by atoms with Crippen LogP contribution in [0.1, 0.15) is 39.2 Å². The molecule has 2 rings (SSSR count). The van der Waals surface area contributed by atoms with E-state index in [9.17, 15) is 9.59 Å². The molecule has 1 aromatic carbocycles. The number of hydrogen-bond acceptors (Lipinski definition) is 4. The Bertz CT molecular complexity index is 575. The van der Waals surface area contributed by atoms with Crippen LogP contribution in [-0.4, -0.2) is 53.0 Å². The van der Waals surface area contributed by atoms with Crippen molar-refractivity contribution in [3.8, 4) is 0 Å². The van der Waals surface area contributed by atoms with E-state index in [4.69, 9.17) is 10.5 Å². The van der Waals surface area contributed by atoms with Gasteiger partial charge in [0.05, 0.1) is 12.1 Å². The predicted octanol–water partition coefficient (Wildman–Crippen LogP) is 2.37. The lowest BCUT2D eigenvalue weighted by Gasteiger charge is -2.34. The summed E-state index contributed by atoms with van der Waals surface area (Å²) in [5.74, 6) is -0.0838. The molecule has 1 aliphatic rings. The first-order valence-electron chi connectivity index (χ1n) is 8.93. The molecule has 2 atom stereocenters. The van der Waals surface area contributed by atoms with E-state index in [-0.39, 0.29) is 30.7 Å². The lowest BCUT2D eigenvalue weighted by Crippen LogP contribution is -2.51. The summed E-state index contributed by atoms with van der Waals surface area (Å²) >= 11 is 0. The number of amides is 2. The van der Waals surface area contributed by atoms with Crippen LogP contribution in [0.5, 0.6) is 0 Å². The maximum absolute atomic E-state index is 12.5. The van der Waals surface area contributed by atoms with E-state index in [1.54, 1.807) is 16.7 Å². The summed E-state index contributed by atoms with van der Waals surface area (Å²) in [6.07, 6.45) is 1.47. The van der Waals surface area contributed by atoms with E-state index in [1.165, 1.54) is 0 Å². The van der Waals surface area contributed by atoms with Crippen molar-refractivity contribution in [1.82, 2.24) is 9.80 Å². The molecule has 0 bridgehead atoms. The number of nitrogens with two attached hydrogens (primary N) is 1. The Hall–Kier alpha value is -2.08. The van der Waals surface area contributed by atoms with Gasteiger partial charge in [-0.15, -0.1) is 0 Å². The maximum Gasteiger partial charge on any atom is 0.410 e. The topological polar surface area (TPSA) is 75.9 Å². The normalized spacial score (nSPS) is 18.3. The summed E-state index contributed by atoms with van der Waals surface area (Å²) in [6.45, 7) is 7.05. The lowest BCUT2D eigenvalue weighted by molar-refractivity contribution is -0.134. The number of likely N-dealkylation sites (tertiary alicyclic amines) is 1. The van der Waals surface area contributed by atoms with Crippen LogP contribution in [0.25, 0.3) is 0 Å². The van der Waals surface area contributed by atoms with Crippen molar-refractivity contribution >= 4 is 12.0 Å². The van der Waals surface area contributed by atoms with Crippen molar-refractivity contribution in [2.75, 3.05) is 13.1 Å². The summed E-state index contributed by atoms with van der Waals surface area (Å²) in [5.41, 5.74) is 6.72. The van der Waals surface area contributed by atoms with Gasteiger partial charge in [0.15, 0.2) is 0 Å². The fourth-order valence-corrected chi connectivity index (χ4v) is 3.11. The molecule has 1 saturated heterocycles. The van der Waals surface area contributed by atoms with Gasteiger partial charge in [-0.3, -0.25) is 4.79 Å². The number of ether oxygens (including phenoxy) is 1. The zero-order chi connectivity index (χ0) is 18.4. The second kappa shape index (κ2) is 8.85. The summed E-state index contributed by atoms with van der Waals surface area (Å²) < 4.78 is 5.45. The number of benzene rings is 1. The smallest absolute Gasteiger partial charge is 0.410 e. The van der Waals surface area contributed by atoms with Crippen molar-refractivity contribution in [1.29, 1.82) is 0 Å². The Balaban J connectivity index is 1.96. The van der Waals surface area contributed by atoms with Gasteiger partial charge in [-0.2, -0.15) is 0 Å². The van der Waals surface area contributed by atoms with Gasteiger partial charge in [-0.1, -0.05) is 30.3 Å². The maximum atomic E-state index is 12.5. The van der Waals surface area contributed by atoms with Crippen LogP contribution in [0, 0.1) is 0 Å². The molecule has 0 saturated carbocycles. The number of nitrogens with zero attached hydrogens (tertiary/aromatic N) is 2. The van der Waals surface area contributed by atoms with Crippen LogP contribution >= 0.6 is 0 Å². The lowest BCUT2D eigenvalue weighted by atomic mass is 10.1. The van der Waals surface area contributed by atoms with E-state index < -0.39 is 6.04 Å². The van der Waals surface area contributed by atoms with Gasteiger partial charge in [-0.05, 0) is 39.2 Å². The van der Waals surface area contributed by atoms with E-state index in [0.717, 1.165) is 18.4 Å². The average molecular weight is 347 g/mol. The van der Waals surface area contributed by atoms with Gasteiger partial charge in [0.2, 0.25) is 5.91 Å². The van der Waals surface area contributed by atoms with Crippen LogP contribution < -0.4 is 5.73 Å². The minimum Gasteiger partial charge on any atom is -0.445 e. The molecule has 1 heterocycles. The molecule has 1 aliphatic heterocycles. The third-order valence-corrected chi connectivity index (χ3v) is 4.52. The van der Waals surface area contributed by atoms with Gasteiger partial charge in [-0.25, -0.2) is 4.79 Å². The SMILES string of the molecule is CC(C)N(C[C@@H]1CCCN1C(=O)OCc1ccccc1)C(=O)[C@H](C)N. The first-order valence-corrected chi connectivity index (χ1v) is 8.93. The van der Waals surface area contributed by atoms with Crippen molar-refractivity contribution in [2.45, 2.75) is 58.3 Å². The minimum atomic E-state index is -0.540. The predicted molar refractivity (Wildman–Crippen MR) is 96.9 cm³/mol. The molecular formula is C19H29N3O3. The number of rotatable bonds is 6. The van der Waals surface area contributed by atoms with Crippen molar-refractivity contribution in [2.24, 2.45) is 5.73 Å². The molecule has 0 unspecified atom stereocenters. The molecule has 2 N–H and O–H groups in total. The summed E-state index contributed by atoms with van der Waals surface area (Å²) in [7, 11) is 0. The number of carbonyl (C=O) groups is 2. The first-order chi connectivity index (χ1) is 11.9. The average Bonchev–Trinajstić information content (AvgIpc) is 3.06. The third-order valence-electron chi connectivity index (χ3n) is 4.52. The Labute approximate surface area is 149 Å². The van der Waals surface area contributed by atoms with Crippen LogP contribution in [0.3, 0.4) is 0 Å². The molecule has 2 amide bonds. The Morgan fingerprint density at radius 2 is 1.96 bits per heavy atom. The Morgan fingerprint density at radius 1 is 1.28 bits per heavy atom. The molecule has 0 aliphatic carbocycles. The van der Waals surface area contributed by atoms with Gasteiger partial charge in [0.25, 0.3) is 0 Å². The van der Waals surface area contributed by atoms with Crippen LogP contribution in [0.4, 0.5) is 4.79 Å². The highest BCUT2D eigenvalue weighted by Gasteiger charge is 2.33. The molecule has 0 spiro atoms. The van der Waals surface area contributed by atoms with Gasteiger partial charge in [0, 0.05) is 19.1 Å². The monoisotopic (exact) mass is 347 g/mol. The molecule has 1 fully saturated rings. The molecule has 6 nitrogen and oxygen atoms in total. The zero-order valence-electron chi connectivity index (χ0n) is 15.4. The number of carbonyl (C=O) groups excluding carboxylic acids is 2. The molecule has 6 heteroatoms. The van der Waals surface area contributed by atoms with E-state index >= 15 is 0 Å². The zero-order valence-corrected chi connectivity index (χ0v) is 15.4. The summed E-state index contributed by atoms with van der Waals surface area (Å²) in [4.78, 5) is 28.3. The fourth-order valence-electron chi connectivity index (χ4n) is 3.11. The van der Waals surface area contributed by atoms with Crippen LogP contribution in [0.2, 0.25) is 0 Å². The number of hydrogen-bond donors (Lipinski definition) is 1. The summed E-state index contributed by atoms with van der Waals surface area (Å²) in [5, 5.41) is 0. The third kappa shape index (κ3) is 5.19. The molecule has 25 heavy (non-hydrogen) atoms. The quantitative estimate of drug-likeness (QED) is 0.857. The minimum absolute atomic E-state index is 0.0200. The van der Waals surface area contributed by atoms with Crippen LogP contribution in [0.15, 0.2) is 30.3 Å². The molecule has 0 radical (unpaired) electrons. The molecule has 1 aromatic rings. The highest BCUT2D eigenvalue weighted by Crippen LogP contribution is 2.21. The molecule has 138 valence electrons. The van der Waals surface area contributed by atoms with Gasteiger partial charge in [0.1, 0.15) is 6.61 Å². The van der Waals surface area contributed by atoms with Crippen molar-refractivity contribution in [3.63, 3.8) is 0 Å². The highest BCUT2D eigenvalue weighted by atomic mass is 16.6. The van der Waals surface area contributed by atoms with E-state index in [2.05, 4.69) is 0 Å².